The predicted octanol–water partition coefficient (Wildman–Crippen LogP) is 3.95. The minimum absolute atomic E-state index is 0. The van der Waals surface area contributed by atoms with Crippen molar-refractivity contribution in [2.75, 3.05) is 33.3 Å². The van der Waals surface area contributed by atoms with E-state index in [1.807, 2.05) is 12.1 Å². The maximum absolute atomic E-state index is 14.4. The lowest BCUT2D eigenvalue weighted by Crippen LogP contribution is -2.45. The monoisotopic (exact) mass is 342 g/mol. The zero-order chi connectivity index (χ0) is 15.8. The molecule has 2 rings (SSSR count). The van der Waals surface area contributed by atoms with E-state index >= 15 is 0 Å². The molecule has 1 aromatic rings. The number of allylic oxidation sites excluding steroid dienone is 1. The highest BCUT2D eigenvalue weighted by Gasteiger charge is 2.24. The molecule has 130 valence electrons. The van der Waals surface area contributed by atoms with Crippen molar-refractivity contribution < 1.29 is 9.13 Å². The van der Waals surface area contributed by atoms with Crippen molar-refractivity contribution in [1.29, 1.82) is 0 Å². The zero-order valence-electron chi connectivity index (χ0n) is 13.9. The molecule has 1 aliphatic heterocycles. The van der Waals surface area contributed by atoms with E-state index < -0.39 is 0 Å². The Bertz CT molecular complexity index is 478. The van der Waals surface area contributed by atoms with Gasteiger partial charge in [-0.2, -0.15) is 0 Å². The predicted molar refractivity (Wildman–Crippen MR) is 96.0 cm³/mol. The summed E-state index contributed by atoms with van der Waals surface area (Å²) in [4.78, 5) is 2.39. The van der Waals surface area contributed by atoms with E-state index in [1.54, 1.807) is 13.2 Å². The van der Waals surface area contributed by atoms with Gasteiger partial charge in [0.15, 0.2) is 0 Å². The maximum atomic E-state index is 14.4. The van der Waals surface area contributed by atoms with Crippen LogP contribution in [0.1, 0.15) is 37.3 Å². The highest BCUT2D eigenvalue weighted by atomic mass is 35.5. The van der Waals surface area contributed by atoms with Gasteiger partial charge in [-0.15, -0.1) is 19.0 Å². The second-order valence-corrected chi connectivity index (χ2v) is 5.76. The number of hydrogen-bond donors (Lipinski definition) is 1. The Morgan fingerprint density at radius 1 is 1.35 bits per heavy atom. The van der Waals surface area contributed by atoms with Crippen LogP contribution in [0.25, 0.3) is 0 Å². The number of piperazine rings is 1. The quantitative estimate of drug-likeness (QED) is 0.572. The second-order valence-electron chi connectivity index (χ2n) is 5.76. The molecular weight excluding hydrogens is 315 g/mol. The van der Waals surface area contributed by atoms with E-state index in [4.69, 9.17) is 4.74 Å². The van der Waals surface area contributed by atoms with Crippen molar-refractivity contribution >= 4 is 12.4 Å². The molecule has 23 heavy (non-hydrogen) atoms. The van der Waals surface area contributed by atoms with Crippen molar-refractivity contribution in [3.63, 3.8) is 0 Å². The van der Waals surface area contributed by atoms with E-state index in [1.165, 1.54) is 6.07 Å². The Morgan fingerprint density at radius 3 is 2.74 bits per heavy atom. The van der Waals surface area contributed by atoms with Gasteiger partial charge < -0.3 is 10.1 Å². The van der Waals surface area contributed by atoms with Crippen LogP contribution in [0.15, 0.2) is 30.9 Å². The number of rotatable bonds is 8. The second kappa shape index (κ2) is 10.6. The first-order valence-electron chi connectivity index (χ1n) is 8.15. The Labute approximate surface area is 145 Å². The molecule has 0 radical (unpaired) electrons. The van der Waals surface area contributed by atoms with Crippen LogP contribution in [-0.4, -0.2) is 38.2 Å². The van der Waals surface area contributed by atoms with Crippen LogP contribution >= 0.6 is 12.4 Å². The molecule has 3 nitrogen and oxygen atoms in total. The molecule has 0 spiro atoms. The van der Waals surface area contributed by atoms with Gasteiger partial charge in [0.1, 0.15) is 11.6 Å². The van der Waals surface area contributed by atoms with Gasteiger partial charge in [0, 0.05) is 37.8 Å². The zero-order valence-corrected chi connectivity index (χ0v) is 14.7. The lowest BCUT2D eigenvalue weighted by molar-refractivity contribution is 0.159. The number of ether oxygens (including phenoxy) is 1. The summed E-state index contributed by atoms with van der Waals surface area (Å²) >= 11 is 0. The number of benzene rings is 1. The summed E-state index contributed by atoms with van der Waals surface area (Å²) in [6.45, 7) is 7.62. The minimum Gasteiger partial charge on any atom is -0.497 e. The van der Waals surface area contributed by atoms with Crippen molar-refractivity contribution in [2.24, 2.45) is 0 Å². The molecule has 0 unspecified atom stereocenters. The van der Waals surface area contributed by atoms with Crippen LogP contribution in [-0.2, 0) is 0 Å². The van der Waals surface area contributed by atoms with Crippen LogP contribution in [0.4, 0.5) is 4.39 Å². The fourth-order valence-corrected chi connectivity index (χ4v) is 3.06. The fourth-order valence-electron chi connectivity index (χ4n) is 3.06. The molecule has 0 saturated carbocycles. The molecule has 0 aromatic heterocycles. The summed E-state index contributed by atoms with van der Waals surface area (Å²) in [6.07, 6.45) is 6.13. The third-order valence-electron chi connectivity index (χ3n) is 4.29. The number of methoxy groups -OCH3 is 1. The SMILES string of the molecule is C=CCCCC[C@@H](c1cc(OC)ccc1F)N1CCNCC1.Cl. The Morgan fingerprint density at radius 2 is 2.09 bits per heavy atom. The summed E-state index contributed by atoms with van der Waals surface area (Å²) in [5, 5.41) is 3.36. The van der Waals surface area contributed by atoms with Gasteiger partial charge in [-0.1, -0.05) is 12.5 Å². The lowest BCUT2D eigenvalue weighted by Gasteiger charge is -2.35. The molecule has 1 heterocycles. The van der Waals surface area contributed by atoms with Crippen LogP contribution < -0.4 is 10.1 Å². The number of nitrogens with zero attached hydrogens (tertiary/aromatic N) is 1. The summed E-state index contributed by atoms with van der Waals surface area (Å²) in [5.74, 6) is 0.593. The molecule has 0 bridgehead atoms. The summed E-state index contributed by atoms with van der Waals surface area (Å²) in [6, 6.07) is 5.19. The summed E-state index contributed by atoms with van der Waals surface area (Å²) in [5.41, 5.74) is 0.764. The molecule has 1 aromatic carbocycles. The minimum atomic E-state index is -0.131. The van der Waals surface area contributed by atoms with Crippen molar-refractivity contribution in [3.8, 4) is 5.75 Å². The average molecular weight is 343 g/mol. The molecule has 1 N–H and O–H groups in total. The third-order valence-corrected chi connectivity index (χ3v) is 4.29. The topological polar surface area (TPSA) is 24.5 Å². The van der Waals surface area contributed by atoms with Crippen LogP contribution in [0.5, 0.6) is 5.75 Å². The van der Waals surface area contributed by atoms with E-state index in [2.05, 4.69) is 16.8 Å². The first-order chi connectivity index (χ1) is 10.8. The van der Waals surface area contributed by atoms with Gasteiger partial charge in [-0.05, 0) is 37.5 Å². The first-order valence-corrected chi connectivity index (χ1v) is 8.15. The highest BCUT2D eigenvalue weighted by Crippen LogP contribution is 2.31. The molecule has 1 fully saturated rings. The molecule has 1 saturated heterocycles. The van der Waals surface area contributed by atoms with E-state index in [0.717, 1.165) is 63.2 Å². The van der Waals surface area contributed by atoms with Gasteiger partial charge in [-0.3, -0.25) is 4.90 Å². The lowest BCUT2D eigenvalue weighted by atomic mass is 9.97. The normalized spacial score (nSPS) is 16.4. The molecule has 1 atom stereocenters. The fraction of sp³-hybridized carbons (Fsp3) is 0.556. The number of nitrogens with one attached hydrogen (secondary N) is 1. The largest absolute Gasteiger partial charge is 0.497 e. The maximum Gasteiger partial charge on any atom is 0.128 e. The van der Waals surface area contributed by atoms with E-state index in [-0.39, 0.29) is 24.3 Å². The average Bonchev–Trinajstić information content (AvgIpc) is 2.57. The summed E-state index contributed by atoms with van der Waals surface area (Å²) in [7, 11) is 1.63. The number of halogens is 2. The smallest absolute Gasteiger partial charge is 0.128 e. The highest BCUT2D eigenvalue weighted by molar-refractivity contribution is 5.85. The number of unbranched alkanes of at least 4 members (excludes halogenated alkanes) is 2. The van der Waals surface area contributed by atoms with Gasteiger partial charge in [-0.25, -0.2) is 4.39 Å². The van der Waals surface area contributed by atoms with Crippen molar-refractivity contribution in [2.45, 2.75) is 31.7 Å². The van der Waals surface area contributed by atoms with Gasteiger partial charge in [0.25, 0.3) is 0 Å². The van der Waals surface area contributed by atoms with E-state index in [0.29, 0.717) is 0 Å². The molecule has 5 heteroatoms. The van der Waals surface area contributed by atoms with Crippen molar-refractivity contribution in [1.82, 2.24) is 10.2 Å². The van der Waals surface area contributed by atoms with Crippen molar-refractivity contribution in [3.05, 3.63) is 42.2 Å². The first kappa shape index (κ1) is 19.9. The van der Waals surface area contributed by atoms with Crippen LogP contribution in [0.3, 0.4) is 0 Å². The Balaban J connectivity index is 0.00000264. The molecular formula is C18H28ClFN2O. The summed E-state index contributed by atoms with van der Waals surface area (Å²) < 4.78 is 19.7. The van der Waals surface area contributed by atoms with Gasteiger partial charge in [0.2, 0.25) is 0 Å². The molecule has 0 aliphatic carbocycles. The Kier molecular flexibility index (Phi) is 9.22. The molecule has 1 aliphatic rings. The van der Waals surface area contributed by atoms with Gasteiger partial charge >= 0.3 is 0 Å². The Hall–Kier alpha value is -1.10. The molecule has 0 amide bonds. The third kappa shape index (κ3) is 5.79. The standard InChI is InChI=1S/C18H27FN2O.ClH/c1-3-4-5-6-7-18(21-12-10-20-11-13-21)16-14-15(22-2)8-9-17(16)19;/h3,8-9,14,18,20H,1,4-7,10-13H2,2H3;1H/t18-;/m0./s1. The van der Waals surface area contributed by atoms with Gasteiger partial charge in [0.05, 0.1) is 7.11 Å². The van der Waals surface area contributed by atoms with Crippen LogP contribution in [0, 0.1) is 5.82 Å². The number of hydrogen-bond acceptors (Lipinski definition) is 3. The van der Waals surface area contributed by atoms with E-state index in [9.17, 15) is 4.39 Å². The van der Waals surface area contributed by atoms with Crippen LogP contribution in [0.2, 0.25) is 0 Å².